The predicted molar refractivity (Wildman–Crippen MR) is 212 cm³/mol. The Labute approximate surface area is 319 Å². The van der Waals surface area contributed by atoms with Crippen LogP contribution in [0.25, 0.3) is 0 Å². The summed E-state index contributed by atoms with van der Waals surface area (Å²) in [5, 5.41) is 0. The van der Waals surface area contributed by atoms with Crippen LogP contribution in [0.5, 0.6) is 0 Å². The minimum absolute atomic E-state index is 0.0575. The maximum Gasteiger partial charge on any atom is 0.262 e. The summed E-state index contributed by atoms with van der Waals surface area (Å²) >= 11 is 0. The molecule has 0 heterocycles. The van der Waals surface area contributed by atoms with E-state index in [2.05, 4.69) is 39.5 Å². The number of unbranched alkanes of at least 4 members (excludes halogenated alkanes) is 14. The average Bonchev–Trinajstić information content (AvgIpc) is 3.18. The van der Waals surface area contributed by atoms with Crippen molar-refractivity contribution < 1.29 is 28.8 Å². The molecule has 6 amide bonds. The Morgan fingerprint density at radius 1 is 0.377 bits per heavy atom. The van der Waals surface area contributed by atoms with Crippen molar-refractivity contribution in [2.24, 2.45) is 0 Å². The number of amides is 6. The number of carbonyl (C=O) groups is 6. The molecule has 0 N–H and O–H groups in total. The Balaban J connectivity index is 5.50. The summed E-state index contributed by atoms with van der Waals surface area (Å²) in [4.78, 5) is 82.9. The van der Waals surface area contributed by atoms with Crippen LogP contribution in [-0.4, -0.2) is 105 Å². The molecule has 0 rings (SSSR count). The van der Waals surface area contributed by atoms with Crippen molar-refractivity contribution in [2.45, 2.75) is 115 Å². The average molecular weight is 739 g/mol. The molecule has 1 atom stereocenters. The van der Waals surface area contributed by atoms with Gasteiger partial charge in [0.1, 0.15) is 0 Å². The van der Waals surface area contributed by atoms with E-state index < -0.39 is 17.4 Å². The lowest BCUT2D eigenvalue weighted by Crippen LogP contribution is -2.65. The van der Waals surface area contributed by atoms with Crippen LogP contribution < -0.4 is 0 Å². The van der Waals surface area contributed by atoms with Crippen molar-refractivity contribution >= 4 is 37.5 Å². The van der Waals surface area contributed by atoms with Crippen molar-refractivity contribution in [1.82, 2.24) is 29.4 Å². The second kappa shape index (κ2) is 30.8. The highest BCUT2D eigenvalue weighted by atomic mass is 16.2. The van der Waals surface area contributed by atoms with Gasteiger partial charge in [-0.3, -0.25) is 33.7 Å². The number of nitrogens with zero attached hydrogens (tertiary/aromatic N) is 6. The Hall–Kier alpha value is -4.74. The highest BCUT2D eigenvalue weighted by molar-refractivity contribution is 6.11. The monoisotopic (exact) mass is 739 g/mol. The van der Waals surface area contributed by atoms with Gasteiger partial charge < -0.3 is 24.5 Å². The van der Waals surface area contributed by atoms with Crippen LogP contribution in [0.2, 0.25) is 0 Å². The molecule has 53 heavy (non-hydrogen) atoms. The predicted octanol–water partition coefficient (Wildman–Crippen LogP) is 6.71. The fourth-order valence-corrected chi connectivity index (χ4v) is 6.10. The van der Waals surface area contributed by atoms with Gasteiger partial charge >= 0.3 is 0 Å². The van der Waals surface area contributed by atoms with E-state index in [0.29, 0.717) is 45.3 Å². The van der Waals surface area contributed by atoms with E-state index in [1.54, 1.807) is 11.1 Å². The van der Waals surface area contributed by atoms with Crippen molar-refractivity contribution in [1.29, 1.82) is 0 Å². The summed E-state index contributed by atoms with van der Waals surface area (Å²) in [6, 6.07) is 0. The van der Waals surface area contributed by atoms with Crippen LogP contribution >= 0.6 is 0 Å². The second-order valence-corrected chi connectivity index (χ2v) is 12.9. The number of hydrogen-bond acceptors (Lipinski definition) is 6. The van der Waals surface area contributed by atoms with Crippen LogP contribution in [0.4, 0.5) is 0 Å². The summed E-state index contributed by atoms with van der Waals surface area (Å²) < 4.78 is 0. The van der Waals surface area contributed by atoms with E-state index >= 15 is 0 Å². The van der Waals surface area contributed by atoms with Gasteiger partial charge in [0, 0.05) is 45.3 Å². The van der Waals surface area contributed by atoms with E-state index in [-0.39, 0.29) is 19.5 Å². The Kier molecular flexibility index (Phi) is 28.1. The molecule has 296 valence electrons. The largest absolute Gasteiger partial charge is 0.322 e. The van der Waals surface area contributed by atoms with Gasteiger partial charge in [0.15, 0.2) is 0 Å². The molecule has 0 saturated heterocycles. The summed E-state index contributed by atoms with van der Waals surface area (Å²) in [7, 11) is 0. The second-order valence-electron chi connectivity index (χ2n) is 12.9. The van der Waals surface area contributed by atoms with Crippen molar-refractivity contribution in [3.8, 4) is 0 Å². The molecule has 0 aromatic rings. The summed E-state index contributed by atoms with van der Waals surface area (Å²) in [5.41, 5.74) is -2.05. The molecule has 0 aromatic heterocycles. The van der Waals surface area contributed by atoms with Gasteiger partial charge in [-0.05, 0) is 56.7 Å². The standard InChI is InChI=1S/C41H66N6O6/c1-7-42(35-48)30-25-21-17-15-13-14-16-18-23-27-32-45(10-4)39(52)41(47(12-6)38-51,29-34-44(9-3)37-50)40(53)46(11-5)33-28-24-20-19-22-26-31-43(8-2)36-49/h7-12,35-38H,1-6,13-34H2. The van der Waals surface area contributed by atoms with E-state index in [1.165, 1.54) is 44.4 Å². The topological polar surface area (TPSA) is 122 Å². The lowest BCUT2D eigenvalue weighted by Gasteiger charge is -2.42. The normalized spacial score (nSPS) is 11.5. The number of carbonyl (C=O) groups excluding carboxylic acids is 6. The van der Waals surface area contributed by atoms with Crippen LogP contribution in [0.3, 0.4) is 0 Å². The third-order valence-electron chi connectivity index (χ3n) is 9.39. The molecule has 0 radical (unpaired) electrons. The van der Waals surface area contributed by atoms with Crippen molar-refractivity contribution in [3.05, 3.63) is 76.7 Å². The van der Waals surface area contributed by atoms with Crippen molar-refractivity contribution in [2.75, 3.05) is 32.7 Å². The number of hydrogen-bond donors (Lipinski definition) is 0. The maximum atomic E-state index is 14.5. The van der Waals surface area contributed by atoms with Gasteiger partial charge in [-0.1, -0.05) is 117 Å². The first-order valence-electron chi connectivity index (χ1n) is 19.0. The van der Waals surface area contributed by atoms with Crippen LogP contribution in [0.15, 0.2) is 76.7 Å². The van der Waals surface area contributed by atoms with Crippen LogP contribution in [0, 0.1) is 0 Å². The fraction of sp³-hybridized carbons (Fsp3) is 0.561. The lowest BCUT2D eigenvalue weighted by atomic mass is 9.88. The minimum Gasteiger partial charge on any atom is -0.322 e. The minimum atomic E-state index is -2.05. The van der Waals surface area contributed by atoms with Crippen LogP contribution in [-0.2, 0) is 28.8 Å². The third-order valence-corrected chi connectivity index (χ3v) is 9.39. The molecular formula is C41H66N6O6. The summed E-state index contributed by atoms with van der Waals surface area (Å²) in [6.07, 6.45) is 25.9. The molecule has 0 saturated carbocycles. The van der Waals surface area contributed by atoms with Gasteiger partial charge in [0.2, 0.25) is 31.2 Å². The molecular weight excluding hydrogens is 672 g/mol. The van der Waals surface area contributed by atoms with E-state index in [9.17, 15) is 28.8 Å². The van der Waals surface area contributed by atoms with Gasteiger partial charge in [0.25, 0.3) is 11.8 Å². The lowest BCUT2D eigenvalue weighted by molar-refractivity contribution is -0.158. The molecule has 12 heteroatoms. The molecule has 0 spiro atoms. The quantitative estimate of drug-likeness (QED) is 0.0395. The molecule has 0 aliphatic rings. The Bertz CT molecular complexity index is 1130. The highest BCUT2D eigenvalue weighted by Gasteiger charge is 2.53. The Morgan fingerprint density at radius 2 is 0.679 bits per heavy atom. The summed E-state index contributed by atoms with van der Waals surface area (Å²) in [5.74, 6) is -1.29. The molecule has 0 bridgehead atoms. The first-order valence-corrected chi connectivity index (χ1v) is 19.0. The third kappa shape index (κ3) is 18.0. The fourth-order valence-electron chi connectivity index (χ4n) is 6.10. The summed E-state index contributed by atoms with van der Waals surface area (Å²) in [6.45, 7) is 24.1. The molecule has 1 unspecified atom stereocenters. The molecule has 0 fully saturated rings. The zero-order chi connectivity index (χ0) is 39.7. The molecule has 0 aromatic carbocycles. The smallest absolute Gasteiger partial charge is 0.262 e. The van der Waals surface area contributed by atoms with E-state index in [4.69, 9.17) is 0 Å². The SMILES string of the molecule is C=CN(C=O)CCCCCCCCCCCCN(C=C)C(=O)C(CCN(C=C)C=O)(C(=O)N(C=C)CCCCCCCCN(C=C)C=O)N(C=C)C=O. The van der Waals surface area contributed by atoms with Gasteiger partial charge in [-0.15, -0.1) is 0 Å². The highest BCUT2D eigenvalue weighted by Crippen LogP contribution is 2.28. The Morgan fingerprint density at radius 3 is 0.943 bits per heavy atom. The maximum absolute atomic E-state index is 14.5. The van der Waals surface area contributed by atoms with Gasteiger partial charge in [-0.2, -0.15) is 0 Å². The molecule has 0 aliphatic carbocycles. The first-order chi connectivity index (χ1) is 25.7. The van der Waals surface area contributed by atoms with Gasteiger partial charge in [0.05, 0.1) is 0 Å². The zero-order valence-corrected chi connectivity index (χ0v) is 32.2. The van der Waals surface area contributed by atoms with E-state index in [0.717, 1.165) is 114 Å². The van der Waals surface area contributed by atoms with E-state index in [1.807, 2.05) is 0 Å². The molecule has 12 nitrogen and oxygen atoms in total. The van der Waals surface area contributed by atoms with Crippen molar-refractivity contribution in [3.63, 3.8) is 0 Å². The first kappa shape index (κ1) is 48.3. The number of rotatable bonds is 38. The van der Waals surface area contributed by atoms with Crippen LogP contribution in [0.1, 0.15) is 109 Å². The molecule has 0 aliphatic heterocycles. The van der Waals surface area contributed by atoms with Gasteiger partial charge in [-0.25, -0.2) is 0 Å². The zero-order valence-electron chi connectivity index (χ0n) is 32.2.